The van der Waals surface area contributed by atoms with Gasteiger partial charge in [-0.05, 0) is 74.1 Å². The summed E-state index contributed by atoms with van der Waals surface area (Å²) < 4.78 is 5.14. The summed E-state index contributed by atoms with van der Waals surface area (Å²) in [6, 6.07) is 17.5. The molecule has 0 fully saturated rings. The quantitative estimate of drug-likeness (QED) is 0.410. The minimum Gasteiger partial charge on any atom is -0.459 e. The number of carbonyl (C=O) groups is 3. The zero-order chi connectivity index (χ0) is 27.2. The van der Waals surface area contributed by atoms with E-state index in [2.05, 4.69) is 31.4 Å². The molecule has 0 aliphatic rings. The van der Waals surface area contributed by atoms with Gasteiger partial charge < -0.3 is 15.1 Å². The Morgan fingerprint density at radius 3 is 2.05 bits per heavy atom. The van der Waals surface area contributed by atoms with Crippen LogP contribution in [0.25, 0.3) is 0 Å². The molecule has 1 heterocycles. The Balaban J connectivity index is 2.04. The van der Waals surface area contributed by atoms with Crippen molar-refractivity contribution in [3.05, 3.63) is 89.4 Å². The normalized spacial score (nSPS) is 12.2. The highest BCUT2D eigenvalue weighted by atomic mass is 16.3. The molecule has 7 nitrogen and oxygen atoms in total. The molecular formula is C30H37N3O4. The molecule has 7 heteroatoms. The van der Waals surface area contributed by atoms with Crippen LogP contribution >= 0.6 is 0 Å². The van der Waals surface area contributed by atoms with E-state index in [1.807, 2.05) is 69.3 Å². The van der Waals surface area contributed by atoms with E-state index < -0.39 is 23.4 Å². The molecule has 3 aromatic rings. The third-order valence-electron chi connectivity index (χ3n) is 5.96. The van der Waals surface area contributed by atoms with Crippen molar-refractivity contribution < 1.29 is 18.8 Å². The van der Waals surface area contributed by atoms with Gasteiger partial charge in [0.05, 0.1) is 12.8 Å². The van der Waals surface area contributed by atoms with Gasteiger partial charge in [0.1, 0.15) is 6.04 Å². The number of anilines is 1. The van der Waals surface area contributed by atoms with Crippen molar-refractivity contribution in [3.63, 3.8) is 0 Å². The van der Waals surface area contributed by atoms with Crippen LogP contribution in [0.5, 0.6) is 0 Å². The van der Waals surface area contributed by atoms with Gasteiger partial charge in [-0.3, -0.25) is 19.3 Å². The summed E-state index contributed by atoms with van der Waals surface area (Å²) in [5.74, 6) is -0.803. The van der Waals surface area contributed by atoms with Crippen LogP contribution in [-0.4, -0.2) is 29.8 Å². The molecule has 196 valence electrons. The molecule has 1 aromatic heterocycles. The average Bonchev–Trinajstić information content (AvgIpc) is 3.40. The first-order chi connectivity index (χ1) is 17.5. The second-order valence-electron chi connectivity index (χ2n) is 10.4. The van der Waals surface area contributed by atoms with E-state index >= 15 is 0 Å². The fourth-order valence-electron chi connectivity index (χ4n) is 3.98. The van der Waals surface area contributed by atoms with Gasteiger partial charge in [0, 0.05) is 11.2 Å². The number of amides is 3. The Kier molecular flexibility index (Phi) is 8.92. The number of nitrogens with one attached hydrogen (secondary N) is 2. The Labute approximate surface area is 219 Å². The Morgan fingerprint density at radius 2 is 1.54 bits per heavy atom. The van der Waals surface area contributed by atoms with Gasteiger partial charge in [0.2, 0.25) is 11.8 Å². The van der Waals surface area contributed by atoms with Crippen LogP contribution in [0.3, 0.4) is 0 Å². The summed E-state index contributed by atoms with van der Waals surface area (Å²) >= 11 is 0. The van der Waals surface area contributed by atoms with E-state index in [1.54, 1.807) is 6.07 Å². The monoisotopic (exact) mass is 503 g/mol. The van der Waals surface area contributed by atoms with Crippen LogP contribution in [0.4, 0.5) is 5.69 Å². The van der Waals surface area contributed by atoms with E-state index in [-0.39, 0.29) is 18.2 Å². The van der Waals surface area contributed by atoms with Crippen LogP contribution in [0.15, 0.2) is 71.3 Å². The standard InChI is InChI=1S/C30H37N3O4/c1-7-21-10-16-24(17-11-21)33(26(34)19-31-28(35)25-9-8-18-37-25)27(29(36)32-30(4,5)6)23-14-12-22(13-15-23)20(2)3/h8-18,20,27H,7,19H2,1-6H3,(H,31,35)(H,32,36)/t27-/m1/s1. The first kappa shape index (κ1) is 27.7. The molecule has 0 bridgehead atoms. The number of hydrogen-bond acceptors (Lipinski definition) is 4. The predicted molar refractivity (Wildman–Crippen MR) is 146 cm³/mol. The first-order valence-corrected chi connectivity index (χ1v) is 12.6. The molecule has 37 heavy (non-hydrogen) atoms. The van der Waals surface area contributed by atoms with Crippen LogP contribution in [0.2, 0.25) is 0 Å². The molecule has 0 unspecified atom stereocenters. The van der Waals surface area contributed by atoms with Crippen molar-refractivity contribution in [1.82, 2.24) is 10.6 Å². The number of benzene rings is 2. The Bertz CT molecular complexity index is 1190. The molecule has 3 amide bonds. The smallest absolute Gasteiger partial charge is 0.287 e. The van der Waals surface area contributed by atoms with Gasteiger partial charge in [-0.15, -0.1) is 0 Å². The van der Waals surface area contributed by atoms with Gasteiger partial charge >= 0.3 is 0 Å². The lowest BCUT2D eigenvalue weighted by Crippen LogP contribution is -2.51. The van der Waals surface area contributed by atoms with Gasteiger partial charge in [0.15, 0.2) is 5.76 Å². The van der Waals surface area contributed by atoms with Crippen molar-refractivity contribution in [3.8, 4) is 0 Å². The first-order valence-electron chi connectivity index (χ1n) is 12.6. The fourth-order valence-corrected chi connectivity index (χ4v) is 3.98. The molecule has 0 spiro atoms. The topological polar surface area (TPSA) is 91.7 Å². The van der Waals surface area contributed by atoms with Crippen LogP contribution < -0.4 is 15.5 Å². The molecule has 0 aliphatic carbocycles. The van der Waals surface area contributed by atoms with Crippen molar-refractivity contribution in [2.24, 2.45) is 0 Å². The van der Waals surface area contributed by atoms with Crippen molar-refractivity contribution in [2.45, 2.75) is 65.5 Å². The summed E-state index contributed by atoms with van der Waals surface area (Å²) in [6.07, 6.45) is 2.24. The molecule has 0 saturated carbocycles. The van der Waals surface area contributed by atoms with Crippen LogP contribution in [0, 0.1) is 0 Å². The lowest BCUT2D eigenvalue weighted by atomic mass is 9.96. The molecule has 0 aliphatic heterocycles. The SMILES string of the molecule is CCc1ccc(N(C(=O)CNC(=O)c2ccco2)[C@@H](C(=O)NC(C)(C)C)c2ccc(C(C)C)cc2)cc1. The number of hydrogen-bond donors (Lipinski definition) is 2. The third-order valence-corrected chi connectivity index (χ3v) is 5.96. The maximum absolute atomic E-state index is 13.7. The molecular weight excluding hydrogens is 466 g/mol. The second kappa shape index (κ2) is 11.9. The third kappa shape index (κ3) is 7.32. The van der Waals surface area contributed by atoms with E-state index in [0.717, 1.165) is 17.5 Å². The van der Waals surface area contributed by atoms with Crippen LogP contribution in [0.1, 0.15) is 80.7 Å². The summed E-state index contributed by atoms with van der Waals surface area (Å²) in [4.78, 5) is 41.4. The predicted octanol–water partition coefficient (Wildman–Crippen LogP) is 5.38. The maximum atomic E-state index is 13.7. The highest BCUT2D eigenvalue weighted by molar-refractivity contribution is 6.04. The van der Waals surface area contributed by atoms with Crippen molar-refractivity contribution in [1.29, 1.82) is 0 Å². The van der Waals surface area contributed by atoms with Gasteiger partial charge in [-0.2, -0.15) is 0 Å². The molecule has 3 rings (SSSR count). The highest BCUT2D eigenvalue weighted by Gasteiger charge is 2.34. The van der Waals surface area contributed by atoms with Crippen LogP contribution in [-0.2, 0) is 16.0 Å². The minimum atomic E-state index is -0.944. The zero-order valence-corrected chi connectivity index (χ0v) is 22.5. The summed E-state index contributed by atoms with van der Waals surface area (Å²) in [5, 5.41) is 5.65. The van der Waals surface area contributed by atoms with E-state index in [9.17, 15) is 14.4 Å². The largest absolute Gasteiger partial charge is 0.459 e. The Morgan fingerprint density at radius 1 is 0.919 bits per heavy atom. The second-order valence-corrected chi connectivity index (χ2v) is 10.4. The van der Waals surface area contributed by atoms with Gasteiger partial charge in [-0.1, -0.05) is 57.2 Å². The lowest BCUT2D eigenvalue weighted by molar-refractivity contribution is -0.127. The molecule has 0 radical (unpaired) electrons. The summed E-state index contributed by atoms with van der Waals surface area (Å²) in [6.45, 7) is 11.6. The highest BCUT2D eigenvalue weighted by Crippen LogP contribution is 2.30. The number of aryl methyl sites for hydroxylation is 1. The summed E-state index contributed by atoms with van der Waals surface area (Å²) in [5.41, 5.74) is 2.98. The van der Waals surface area contributed by atoms with Crippen molar-refractivity contribution >= 4 is 23.4 Å². The number of nitrogens with zero attached hydrogens (tertiary/aromatic N) is 1. The summed E-state index contributed by atoms with van der Waals surface area (Å²) in [7, 11) is 0. The van der Waals surface area contributed by atoms with Gasteiger partial charge in [-0.25, -0.2) is 0 Å². The average molecular weight is 504 g/mol. The van der Waals surface area contributed by atoms with E-state index in [1.165, 1.54) is 17.2 Å². The fraction of sp³-hybridized carbons (Fsp3) is 0.367. The van der Waals surface area contributed by atoms with E-state index in [0.29, 0.717) is 17.2 Å². The van der Waals surface area contributed by atoms with Crippen molar-refractivity contribution in [2.75, 3.05) is 11.4 Å². The number of furan rings is 1. The minimum absolute atomic E-state index is 0.109. The molecule has 2 aromatic carbocycles. The number of carbonyl (C=O) groups excluding carboxylic acids is 3. The lowest BCUT2D eigenvalue weighted by Gasteiger charge is -2.34. The number of rotatable bonds is 9. The maximum Gasteiger partial charge on any atom is 0.287 e. The molecule has 2 N–H and O–H groups in total. The van der Waals surface area contributed by atoms with Gasteiger partial charge in [0.25, 0.3) is 5.91 Å². The molecule has 0 saturated heterocycles. The Hall–Kier alpha value is -3.87. The van der Waals surface area contributed by atoms with E-state index in [4.69, 9.17) is 4.42 Å². The zero-order valence-electron chi connectivity index (χ0n) is 22.5. The molecule has 1 atom stereocenters.